The molecule has 2 aromatic rings. The van der Waals surface area contributed by atoms with Crippen LogP contribution in [0.1, 0.15) is 0 Å². The molecule has 2 rings (SSSR count). The Labute approximate surface area is 133 Å². The van der Waals surface area contributed by atoms with Gasteiger partial charge in [0.05, 0.1) is 5.75 Å². The van der Waals surface area contributed by atoms with Gasteiger partial charge < -0.3 is 5.73 Å². The van der Waals surface area contributed by atoms with Crippen molar-refractivity contribution in [1.29, 1.82) is 0 Å². The first-order chi connectivity index (χ1) is 9.94. The summed E-state index contributed by atoms with van der Waals surface area (Å²) in [5.41, 5.74) is 6.27. The van der Waals surface area contributed by atoms with Crippen LogP contribution in [0.3, 0.4) is 0 Å². The molecule has 0 saturated carbocycles. The van der Waals surface area contributed by atoms with Crippen molar-refractivity contribution in [2.75, 3.05) is 22.0 Å². The van der Waals surface area contributed by atoms with E-state index in [1.54, 1.807) is 18.2 Å². The number of hydrogen-bond donors (Lipinski definition) is 2. The van der Waals surface area contributed by atoms with E-state index in [9.17, 15) is 8.42 Å². The maximum atomic E-state index is 11.9. The highest BCUT2D eigenvalue weighted by atomic mass is 35.5. The van der Waals surface area contributed by atoms with Gasteiger partial charge in [-0.3, -0.25) is 4.72 Å². The minimum Gasteiger partial charge on any atom is -0.399 e. The predicted octanol–water partition coefficient (Wildman–Crippen LogP) is 2.85. The topological polar surface area (TPSA) is 85.1 Å². The van der Waals surface area contributed by atoms with Gasteiger partial charge in [-0.05, 0) is 30.3 Å². The number of nitrogen functional groups attached to an aromatic ring is 1. The molecule has 0 unspecified atom stereocenters. The summed E-state index contributed by atoms with van der Waals surface area (Å²) in [6, 6.07) is 10.3. The molecule has 0 aliphatic carbocycles. The summed E-state index contributed by atoms with van der Waals surface area (Å²) in [4.78, 5) is 4.88. The van der Waals surface area contributed by atoms with E-state index in [0.29, 0.717) is 16.5 Å². The molecule has 8 heteroatoms. The van der Waals surface area contributed by atoms with Crippen LogP contribution in [0.25, 0.3) is 0 Å². The smallest absolute Gasteiger partial charge is 0.234 e. The number of sulfonamides is 1. The molecule has 0 bridgehead atoms. The number of anilines is 2. The number of benzene rings is 1. The van der Waals surface area contributed by atoms with Crippen LogP contribution < -0.4 is 10.5 Å². The van der Waals surface area contributed by atoms with Gasteiger partial charge >= 0.3 is 0 Å². The number of pyridine rings is 1. The molecule has 0 aliphatic heterocycles. The zero-order valence-corrected chi connectivity index (χ0v) is 13.4. The molecule has 0 fully saturated rings. The Balaban J connectivity index is 1.88. The molecule has 0 spiro atoms. The van der Waals surface area contributed by atoms with Crippen LogP contribution in [0, 0.1) is 0 Å². The molecule has 0 aliphatic rings. The van der Waals surface area contributed by atoms with E-state index < -0.39 is 10.0 Å². The number of nitrogens with zero attached hydrogens (tertiary/aromatic N) is 1. The van der Waals surface area contributed by atoms with Crippen LogP contribution in [0.4, 0.5) is 11.5 Å². The van der Waals surface area contributed by atoms with Crippen molar-refractivity contribution in [3.63, 3.8) is 0 Å². The molecule has 21 heavy (non-hydrogen) atoms. The second-order valence-electron chi connectivity index (χ2n) is 4.20. The normalized spacial score (nSPS) is 11.3. The summed E-state index contributed by atoms with van der Waals surface area (Å²) >= 11 is 7.23. The first-order valence-corrected chi connectivity index (χ1v) is 9.06. The highest BCUT2D eigenvalue weighted by Crippen LogP contribution is 2.20. The SMILES string of the molecule is Nc1ccc(SCCS(=O)(=O)Nc2cc(Cl)ccn2)cc1. The van der Waals surface area contributed by atoms with Gasteiger partial charge in [-0.1, -0.05) is 11.6 Å². The van der Waals surface area contributed by atoms with E-state index in [-0.39, 0.29) is 11.6 Å². The lowest BCUT2D eigenvalue weighted by Crippen LogP contribution is -2.18. The molecule has 0 radical (unpaired) electrons. The number of halogens is 1. The van der Waals surface area contributed by atoms with Gasteiger partial charge in [-0.15, -0.1) is 11.8 Å². The Morgan fingerprint density at radius 1 is 1.24 bits per heavy atom. The van der Waals surface area contributed by atoms with Crippen LogP contribution in [0.15, 0.2) is 47.5 Å². The Hall–Kier alpha value is -1.44. The average Bonchev–Trinajstić information content (AvgIpc) is 2.40. The maximum absolute atomic E-state index is 11.9. The van der Waals surface area contributed by atoms with Crippen LogP contribution in [0.2, 0.25) is 5.02 Å². The van der Waals surface area contributed by atoms with Gasteiger partial charge in [-0.25, -0.2) is 13.4 Å². The van der Waals surface area contributed by atoms with Crippen molar-refractivity contribution >= 4 is 44.9 Å². The molecular formula is C13H14ClN3O2S2. The lowest BCUT2D eigenvalue weighted by molar-refractivity contribution is 0.602. The third-order valence-electron chi connectivity index (χ3n) is 2.48. The van der Waals surface area contributed by atoms with Gasteiger partial charge in [0, 0.05) is 33.6 Å². The molecule has 5 nitrogen and oxygen atoms in total. The quantitative estimate of drug-likeness (QED) is 0.622. The van der Waals surface area contributed by atoms with Crippen molar-refractivity contribution in [3.05, 3.63) is 47.6 Å². The van der Waals surface area contributed by atoms with E-state index in [2.05, 4.69) is 9.71 Å². The van der Waals surface area contributed by atoms with Crippen LogP contribution in [0.5, 0.6) is 0 Å². The molecule has 1 heterocycles. The monoisotopic (exact) mass is 343 g/mol. The molecule has 0 amide bonds. The third-order valence-corrected chi connectivity index (χ3v) is 5.25. The zero-order chi connectivity index (χ0) is 15.3. The lowest BCUT2D eigenvalue weighted by atomic mass is 10.3. The van der Waals surface area contributed by atoms with Crippen molar-refractivity contribution in [1.82, 2.24) is 4.98 Å². The number of hydrogen-bond acceptors (Lipinski definition) is 5. The minimum absolute atomic E-state index is 0.0176. The zero-order valence-electron chi connectivity index (χ0n) is 11.0. The number of nitrogens with one attached hydrogen (secondary N) is 1. The number of aromatic nitrogens is 1. The van der Waals surface area contributed by atoms with Crippen LogP contribution in [-0.2, 0) is 10.0 Å². The largest absolute Gasteiger partial charge is 0.399 e. The Morgan fingerprint density at radius 3 is 2.62 bits per heavy atom. The fourth-order valence-corrected chi connectivity index (χ4v) is 3.97. The summed E-state index contributed by atoms with van der Waals surface area (Å²) in [6.45, 7) is 0. The summed E-state index contributed by atoms with van der Waals surface area (Å²) in [5, 5.41) is 0.430. The van der Waals surface area contributed by atoms with E-state index in [0.717, 1.165) is 4.90 Å². The standard InChI is InChI=1S/C13H14ClN3O2S2/c14-10-5-6-16-13(9-10)17-21(18,19)8-7-20-12-3-1-11(15)2-4-12/h1-6,9H,7-8,15H2,(H,16,17). The molecule has 112 valence electrons. The first kappa shape index (κ1) is 15.9. The van der Waals surface area contributed by atoms with Crippen LogP contribution in [-0.4, -0.2) is 24.9 Å². The summed E-state index contributed by atoms with van der Waals surface area (Å²) < 4.78 is 26.3. The molecule has 0 atom stereocenters. The average molecular weight is 344 g/mol. The van der Waals surface area contributed by atoms with Gasteiger partial charge in [0.1, 0.15) is 5.82 Å². The second-order valence-corrected chi connectivity index (χ2v) is 7.64. The fourth-order valence-electron chi connectivity index (χ4n) is 1.50. The minimum atomic E-state index is -3.45. The van der Waals surface area contributed by atoms with E-state index in [1.165, 1.54) is 24.0 Å². The molecule has 1 aromatic carbocycles. The van der Waals surface area contributed by atoms with Gasteiger partial charge in [-0.2, -0.15) is 0 Å². The lowest BCUT2D eigenvalue weighted by Gasteiger charge is -2.07. The van der Waals surface area contributed by atoms with E-state index in [1.807, 2.05) is 12.1 Å². The number of nitrogens with two attached hydrogens (primary N) is 1. The van der Waals surface area contributed by atoms with Crippen molar-refractivity contribution in [3.8, 4) is 0 Å². The van der Waals surface area contributed by atoms with Gasteiger partial charge in [0.15, 0.2) is 0 Å². The highest BCUT2D eigenvalue weighted by Gasteiger charge is 2.11. The van der Waals surface area contributed by atoms with Gasteiger partial charge in [0.2, 0.25) is 10.0 Å². The Morgan fingerprint density at radius 2 is 1.95 bits per heavy atom. The highest BCUT2D eigenvalue weighted by molar-refractivity contribution is 8.01. The van der Waals surface area contributed by atoms with Crippen molar-refractivity contribution < 1.29 is 8.42 Å². The molecule has 0 saturated heterocycles. The Bertz CT molecular complexity index is 706. The van der Waals surface area contributed by atoms with E-state index >= 15 is 0 Å². The van der Waals surface area contributed by atoms with Crippen molar-refractivity contribution in [2.24, 2.45) is 0 Å². The van der Waals surface area contributed by atoms with Crippen LogP contribution >= 0.6 is 23.4 Å². The summed E-state index contributed by atoms with van der Waals surface area (Å²) in [5.74, 6) is 0.635. The van der Waals surface area contributed by atoms with Gasteiger partial charge in [0.25, 0.3) is 0 Å². The van der Waals surface area contributed by atoms with Crippen molar-refractivity contribution in [2.45, 2.75) is 4.90 Å². The second kappa shape index (κ2) is 7.02. The van der Waals surface area contributed by atoms with E-state index in [4.69, 9.17) is 17.3 Å². The summed E-state index contributed by atoms with van der Waals surface area (Å²) in [7, 11) is -3.45. The fraction of sp³-hybridized carbons (Fsp3) is 0.154. The number of rotatable bonds is 6. The predicted molar refractivity (Wildman–Crippen MR) is 88.2 cm³/mol. The summed E-state index contributed by atoms with van der Waals surface area (Å²) in [6.07, 6.45) is 1.45. The molecule has 3 N–H and O–H groups in total. The Kier molecular flexibility index (Phi) is 5.33. The first-order valence-electron chi connectivity index (χ1n) is 6.05. The number of thioether (sulfide) groups is 1. The molecular weight excluding hydrogens is 330 g/mol. The third kappa shape index (κ3) is 5.45. The maximum Gasteiger partial charge on any atom is 0.234 e. The molecule has 1 aromatic heterocycles.